The van der Waals surface area contributed by atoms with Gasteiger partial charge in [0.05, 0.1) is 19.8 Å². The van der Waals surface area contributed by atoms with E-state index in [1.165, 1.54) is 43.9 Å². The average molecular weight is 354 g/mol. The van der Waals surface area contributed by atoms with Crippen molar-refractivity contribution >= 4 is 11.3 Å². The Morgan fingerprint density at radius 1 is 1.29 bits per heavy atom. The second kappa shape index (κ2) is 8.23. The average Bonchev–Trinajstić information content (AvgIpc) is 3.12. The normalized spacial score (nSPS) is 24.9. The molecule has 1 atom stereocenters. The quantitative estimate of drug-likeness (QED) is 0.752. The molecule has 2 fully saturated rings. The highest BCUT2D eigenvalue weighted by atomic mass is 32.1. The minimum absolute atomic E-state index is 0.478. The SMILES string of the molecule is COCCN1CC2(CCN(Cc3nc(C)cs3)CC2)C[C@H]1COC. The van der Waals surface area contributed by atoms with Crippen molar-refractivity contribution in [3.63, 3.8) is 0 Å². The number of nitrogens with zero attached hydrogens (tertiary/aromatic N) is 3. The molecule has 0 N–H and O–H groups in total. The number of hydrogen-bond acceptors (Lipinski definition) is 6. The van der Waals surface area contributed by atoms with Gasteiger partial charge >= 0.3 is 0 Å². The highest BCUT2D eigenvalue weighted by Gasteiger charge is 2.45. The van der Waals surface area contributed by atoms with E-state index in [0.29, 0.717) is 11.5 Å². The van der Waals surface area contributed by atoms with Gasteiger partial charge in [0.15, 0.2) is 0 Å². The Morgan fingerprint density at radius 3 is 2.71 bits per heavy atom. The van der Waals surface area contributed by atoms with E-state index >= 15 is 0 Å². The van der Waals surface area contributed by atoms with E-state index < -0.39 is 0 Å². The molecule has 0 aliphatic carbocycles. The number of likely N-dealkylation sites (tertiary alicyclic amines) is 2. The molecule has 3 heterocycles. The Labute approximate surface area is 150 Å². The summed E-state index contributed by atoms with van der Waals surface area (Å²) in [5.41, 5.74) is 1.63. The van der Waals surface area contributed by atoms with Crippen molar-refractivity contribution in [2.75, 3.05) is 53.6 Å². The molecular weight excluding hydrogens is 322 g/mol. The first-order valence-electron chi connectivity index (χ1n) is 8.99. The molecule has 3 rings (SSSR count). The molecule has 0 aromatic carbocycles. The van der Waals surface area contributed by atoms with Crippen LogP contribution in [-0.2, 0) is 16.0 Å². The molecule has 2 aliphatic heterocycles. The van der Waals surface area contributed by atoms with Crippen molar-refractivity contribution in [2.24, 2.45) is 5.41 Å². The maximum absolute atomic E-state index is 5.47. The van der Waals surface area contributed by atoms with Gasteiger partial charge in [0, 0.05) is 44.4 Å². The zero-order chi connectivity index (χ0) is 17.0. The third-order valence-electron chi connectivity index (χ3n) is 5.61. The van der Waals surface area contributed by atoms with Crippen LogP contribution >= 0.6 is 11.3 Å². The Bertz CT molecular complexity index is 514. The van der Waals surface area contributed by atoms with Crippen molar-refractivity contribution in [1.82, 2.24) is 14.8 Å². The van der Waals surface area contributed by atoms with Crippen molar-refractivity contribution in [3.05, 3.63) is 16.1 Å². The van der Waals surface area contributed by atoms with E-state index in [-0.39, 0.29) is 0 Å². The zero-order valence-corrected chi connectivity index (χ0v) is 16.1. The van der Waals surface area contributed by atoms with E-state index in [1.54, 1.807) is 18.4 Å². The molecule has 6 heteroatoms. The van der Waals surface area contributed by atoms with Gasteiger partial charge in [0.25, 0.3) is 0 Å². The topological polar surface area (TPSA) is 37.8 Å². The van der Waals surface area contributed by atoms with Crippen molar-refractivity contribution < 1.29 is 9.47 Å². The molecule has 0 amide bonds. The first kappa shape index (κ1) is 18.3. The molecule has 0 unspecified atom stereocenters. The van der Waals surface area contributed by atoms with Crippen LogP contribution in [0, 0.1) is 12.3 Å². The molecule has 1 spiro atoms. The predicted octanol–water partition coefficient (Wildman–Crippen LogP) is 2.40. The zero-order valence-electron chi connectivity index (χ0n) is 15.3. The van der Waals surface area contributed by atoms with Crippen LogP contribution in [0.15, 0.2) is 5.38 Å². The van der Waals surface area contributed by atoms with Gasteiger partial charge < -0.3 is 9.47 Å². The van der Waals surface area contributed by atoms with Crippen LogP contribution in [0.1, 0.15) is 30.0 Å². The van der Waals surface area contributed by atoms with Gasteiger partial charge in [-0.3, -0.25) is 9.80 Å². The number of aryl methyl sites for hydroxylation is 1. The van der Waals surface area contributed by atoms with Crippen LogP contribution in [0.3, 0.4) is 0 Å². The summed E-state index contributed by atoms with van der Waals surface area (Å²) in [6.45, 7) is 9.35. The third kappa shape index (κ3) is 4.35. The lowest BCUT2D eigenvalue weighted by Crippen LogP contribution is -2.41. The Balaban J connectivity index is 1.54. The van der Waals surface area contributed by atoms with E-state index in [2.05, 4.69) is 27.1 Å². The van der Waals surface area contributed by atoms with Gasteiger partial charge in [0.2, 0.25) is 0 Å². The van der Waals surface area contributed by atoms with E-state index in [1.807, 2.05) is 7.11 Å². The Kier molecular flexibility index (Phi) is 6.27. The van der Waals surface area contributed by atoms with Crippen LogP contribution in [0.4, 0.5) is 0 Å². The Morgan fingerprint density at radius 2 is 2.08 bits per heavy atom. The van der Waals surface area contributed by atoms with E-state index in [0.717, 1.165) is 32.0 Å². The molecule has 2 aliphatic rings. The number of thiazole rings is 1. The summed E-state index contributed by atoms with van der Waals surface area (Å²) >= 11 is 1.79. The second-order valence-electron chi connectivity index (χ2n) is 7.44. The summed E-state index contributed by atoms with van der Waals surface area (Å²) in [5.74, 6) is 0. The van der Waals surface area contributed by atoms with Crippen molar-refractivity contribution in [3.8, 4) is 0 Å². The fraction of sp³-hybridized carbons (Fsp3) is 0.833. The van der Waals surface area contributed by atoms with Crippen LogP contribution in [0.25, 0.3) is 0 Å². The first-order chi connectivity index (χ1) is 11.6. The van der Waals surface area contributed by atoms with Crippen molar-refractivity contribution in [2.45, 2.75) is 38.8 Å². The monoisotopic (exact) mass is 353 g/mol. The predicted molar refractivity (Wildman–Crippen MR) is 97.5 cm³/mol. The lowest BCUT2D eigenvalue weighted by atomic mass is 9.76. The van der Waals surface area contributed by atoms with Gasteiger partial charge in [0.1, 0.15) is 5.01 Å². The summed E-state index contributed by atoms with van der Waals surface area (Å²) in [5, 5.41) is 3.41. The van der Waals surface area contributed by atoms with Gasteiger partial charge in [-0.2, -0.15) is 0 Å². The number of hydrogen-bond donors (Lipinski definition) is 0. The van der Waals surface area contributed by atoms with E-state index in [4.69, 9.17) is 9.47 Å². The molecule has 5 nitrogen and oxygen atoms in total. The number of piperidine rings is 1. The van der Waals surface area contributed by atoms with E-state index in [9.17, 15) is 0 Å². The summed E-state index contributed by atoms with van der Waals surface area (Å²) in [6, 6.07) is 0.554. The molecule has 2 saturated heterocycles. The van der Waals surface area contributed by atoms with Crippen LogP contribution in [-0.4, -0.2) is 74.4 Å². The summed E-state index contributed by atoms with van der Waals surface area (Å²) in [6.07, 6.45) is 3.86. The third-order valence-corrected chi connectivity index (χ3v) is 6.56. The highest BCUT2D eigenvalue weighted by Crippen LogP contribution is 2.43. The number of aromatic nitrogens is 1. The van der Waals surface area contributed by atoms with Crippen LogP contribution in [0.2, 0.25) is 0 Å². The number of ether oxygens (including phenoxy) is 2. The maximum atomic E-state index is 5.47. The fourth-order valence-corrected chi connectivity index (χ4v) is 5.11. The van der Waals surface area contributed by atoms with Gasteiger partial charge in [-0.25, -0.2) is 4.98 Å². The van der Waals surface area contributed by atoms with Crippen LogP contribution < -0.4 is 0 Å². The van der Waals surface area contributed by atoms with Crippen LogP contribution in [0.5, 0.6) is 0 Å². The van der Waals surface area contributed by atoms with Crippen molar-refractivity contribution in [1.29, 1.82) is 0 Å². The highest BCUT2D eigenvalue weighted by molar-refractivity contribution is 7.09. The molecule has 1 aromatic heterocycles. The Hall–Kier alpha value is -0.530. The summed E-state index contributed by atoms with van der Waals surface area (Å²) in [7, 11) is 3.61. The minimum atomic E-state index is 0.478. The summed E-state index contributed by atoms with van der Waals surface area (Å²) < 4.78 is 10.8. The molecule has 24 heavy (non-hydrogen) atoms. The van der Waals surface area contributed by atoms with Gasteiger partial charge in [-0.15, -0.1) is 11.3 Å². The first-order valence-corrected chi connectivity index (χ1v) is 9.87. The molecule has 0 saturated carbocycles. The maximum Gasteiger partial charge on any atom is 0.107 e. The molecule has 0 radical (unpaired) electrons. The minimum Gasteiger partial charge on any atom is -0.383 e. The fourth-order valence-electron chi connectivity index (χ4n) is 4.29. The smallest absolute Gasteiger partial charge is 0.107 e. The number of rotatable bonds is 7. The lowest BCUT2D eigenvalue weighted by Gasteiger charge is -2.39. The number of methoxy groups -OCH3 is 2. The molecular formula is C18H31N3O2S. The second-order valence-corrected chi connectivity index (χ2v) is 8.38. The van der Waals surface area contributed by atoms with Gasteiger partial charge in [-0.05, 0) is 44.7 Å². The standard InChI is InChI=1S/C18H31N3O2S/c1-15-13-24-17(19-15)11-20-6-4-18(5-7-20)10-16(12-23-3)21(14-18)8-9-22-2/h13,16H,4-12,14H2,1-3H3/t16-/m0/s1. The molecule has 1 aromatic rings. The largest absolute Gasteiger partial charge is 0.383 e. The lowest BCUT2D eigenvalue weighted by molar-refractivity contribution is 0.0858. The summed E-state index contributed by atoms with van der Waals surface area (Å²) in [4.78, 5) is 9.78. The van der Waals surface area contributed by atoms with Gasteiger partial charge in [-0.1, -0.05) is 0 Å². The molecule has 136 valence electrons. The molecule has 0 bridgehead atoms.